The lowest BCUT2D eigenvalue weighted by Gasteiger charge is -1.89. The Morgan fingerprint density at radius 3 is 2.60 bits per heavy atom. The van der Waals surface area contributed by atoms with E-state index in [2.05, 4.69) is 21.0 Å². The van der Waals surface area contributed by atoms with Crippen molar-refractivity contribution < 1.29 is 0 Å². The van der Waals surface area contributed by atoms with Crippen LogP contribution in [0, 0.1) is 11.3 Å². The van der Waals surface area contributed by atoms with E-state index in [9.17, 15) is 0 Å². The quantitative estimate of drug-likeness (QED) is 0.669. The Labute approximate surface area is 66.4 Å². The summed E-state index contributed by atoms with van der Waals surface area (Å²) in [6.07, 6.45) is 0. The SMILES string of the molecule is Cn1nc(C#N)c(Br)c1N. The van der Waals surface area contributed by atoms with Gasteiger partial charge in [-0.1, -0.05) is 0 Å². The lowest BCUT2D eigenvalue weighted by molar-refractivity contribution is 0.774. The third-order valence-corrected chi connectivity index (χ3v) is 1.92. The van der Waals surface area contributed by atoms with Crippen LogP contribution in [0.25, 0.3) is 0 Å². The number of aryl methyl sites for hydroxylation is 1. The molecule has 52 valence electrons. The van der Waals surface area contributed by atoms with Crippen LogP contribution in [0.5, 0.6) is 0 Å². The zero-order chi connectivity index (χ0) is 7.72. The maximum absolute atomic E-state index is 8.44. The molecule has 0 bridgehead atoms. The van der Waals surface area contributed by atoms with Gasteiger partial charge < -0.3 is 5.73 Å². The summed E-state index contributed by atoms with van der Waals surface area (Å²) in [5, 5.41) is 12.3. The Morgan fingerprint density at radius 1 is 1.80 bits per heavy atom. The summed E-state index contributed by atoms with van der Waals surface area (Å²) in [5.41, 5.74) is 5.80. The smallest absolute Gasteiger partial charge is 0.178 e. The van der Waals surface area contributed by atoms with Crippen LogP contribution in [0.1, 0.15) is 5.69 Å². The number of anilines is 1. The predicted molar refractivity (Wildman–Crippen MR) is 40.0 cm³/mol. The number of nitrogens with two attached hydrogens (primary N) is 1. The monoisotopic (exact) mass is 200 g/mol. The van der Waals surface area contributed by atoms with Crippen LogP contribution in [0.4, 0.5) is 5.82 Å². The first-order chi connectivity index (χ1) is 4.66. The van der Waals surface area contributed by atoms with Gasteiger partial charge in [-0.25, -0.2) is 0 Å². The highest BCUT2D eigenvalue weighted by atomic mass is 79.9. The summed E-state index contributed by atoms with van der Waals surface area (Å²) >= 11 is 3.13. The maximum Gasteiger partial charge on any atom is 0.178 e. The van der Waals surface area contributed by atoms with Crippen LogP contribution in [-0.2, 0) is 7.05 Å². The van der Waals surface area contributed by atoms with Gasteiger partial charge in [0.1, 0.15) is 11.9 Å². The molecule has 0 aliphatic rings. The predicted octanol–water partition coefficient (Wildman–Crippen LogP) is 0.636. The lowest BCUT2D eigenvalue weighted by Crippen LogP contribution is -1.97. The molecular weight excluding hydrogens is 196 g/mol. The number of nitrogen functional groups attached to an aromatic ring is 1. The molecule has 0 aliphatic carbocycles. The number of aromatic nitrogens is 2. The molecule has 0 atom stereocenters. The van der Waals surface area contributed by atoms with E-state index in [-0.39, 0.29) is 0 Å². The number of nitrogens with zero attached hydrogens (tertiary/aromatic N) is 3. The molecule has 0 fully saturated rings. The Balaban J connectivity index is 3.34. The number of rotatable bonds is 0. The van der Waals surface area contributed by atoms with E-state index >= 15 is 0 Å². The van der Waals surface area contributed by atoms with E-state index < -0.39 is 0 Å². The van der Waals surface area contributed by atoms with Crippen LogP contribution >= 0.6 is 15.9 Å². The van der Waals surface area contributed by atoms with Crippen molar-refractivity contribution in [3.05, 3.63) is 10.2 Å². The van der Waals surface area contributed by atoms with Gasteiger partial charge in [0.15, 0.2) is 5.69 Å². The highest BCUT2D eigenvalue weighted by Crippen LogP contribution is 2.21. The van der Waals surface area contributed by atoms with Crippen LogP contribution in [0.15, 0.2) is 4.47 Å². The lowest BCUT2D eigenvalue weighted by atomic mass is 10.5. The van der Waals surface area contributed by atoms with E-state index in [4.69, 9.17) is 11.0 Å². The van der Waals surface area contributed by atoms with Crippen LogP contribution in [0.3, 0.4) is 0 Å². The topological polar surface area (TPSA) is 67.6 Å². The molecule has 0 amide bonds. The molecule has 0 aliphatic heterocycles. The molecule has 0 aromatic carbocycles. The molecule has 0 spiro atoms. The fourth-order valence-corrected chi connectivity index (χ4v) is 1.01. The average molecular weight is 201 g/mol. The molecule has 1 aromatic heterocycles. The van der Waals surface area contributed by atoms with Gasteiger partial charge in [-0.2, -0.15) is 10.4 Å². The van der Waals surface area contributed by atoms with Crippen molar-refractivity contribution in [1.82, 2.24) is 9.78 Å². The van der Waals surface area contributed by atoms with E-state index in [1.165, 1.54) is 4.68 Å². The Morgan fingerprint density at radius 2 is 2.40 bits per heavy atom. The molecule has 0 saturated heterocycles. The summed E-state index contributed by atoms with van der Waals surface area (Å²) in [6, 6.07) is 1.90. The second-order valence-corrected chi connectivity index (χ2v) is 2.58. The molecule has 10 heavy (non-hydrogen) atoms. The van der Waals surface area contributed by atoms with E-state index in [0.717, 1.165) is 0 Å². The summed E-state index contributed by atoms with van der Waals surface area (Å²) in [5.74, 6) is 0.469. The number of hydrogen-bond acceptors (Lipinski definition) is 3. The Hall–Kier alpha value is -1.02. The molecule has 5 heteroatoms. The maximum atomic E-state index is 8.44. The van der Waals surface area contributed by atoms with Gasteiger partial charge in [0.25, 0.3) is 0 Å². The summed E-state index contributed by atoms with van der Waals surface area (Å²) in [6.45, 7) is 0. The van der Waals surface area contributed by atoms with Crippen molar-refractivity contribution >= 4 is 21.7 Å². The van der Waals surface area contributed by atoms with Crippen LogP contribution in [-0.4, -0.2) is 9.78 Å². The fourth-order valence-electron chi connectivity index (χ4n) is 0.583. The molecule has 4 nitrogen and oxygen atoms in total. The van der Waals surface area contributed by atoms with Crippen molar-refractivity contribution in [1.29, 1.82) is 5.26 Å². The van der Waals surface area contributed by atoms with Gasteiger partial charge in [0.2, 0.25) is 0 Å². The van der Waals surface area contributed by atoms with Gasteiger partial charge in [-0.15, -0.1) is 0 Å². The van der Waals surface area contributed by atoms with Crippen LogP contribution < -0.4 is 5.73 Å². The van der Waals surface area contributed by atoms with Gasteiger partial charge in [-0.3, -0.25) is 4.68 Å². The van der Waals surface area contributed by atoms with Gasteiger partial charge in [0, 0.05) is 7.05 Å². The number of halogens is 1. The minimum Gasteiger partial charge on any atom is -0.383 e. The van der Waals surface area contributed by atoms with E-state index in [1.807, 2.05) is 6.07 Å². The highest BCUT2D eigenvalue weighted by Gasteiger charge is 2.08. The van der Waals surface area contributed by atoms with Crippen molar-refractivity contribution in [2.45, 2.75) is 0 Å². The molecule has 1 heterocycles. The number of hydrogen-bond donors (Lipinski definition) is 1. The average Bonchev–Trinajstić information content (AvgIpc) is 2.17. The van der Waals surface area contributed by atoms with Gasteiger partial charge in [-0.05, 0) is 15.9 Å². The third kappa shape index (κ3) is 0.866. The molecule has 2 N–H and O–H groups in total. The minimum atomic E-state index is 0.319. The van der Waals surface area contributed by atoms with E-state index in [1.54, 1.807) is 7.05 Å². The highest BCUT2D eigenvalue weighted by molar-refractivity contribution is 9.10. The summed E-state index contributed by atoms with van der Waals surface area (Å²) in [7, 11) is 1.68. The van der Waals surface area contributed by atoms with Gasteiger partial charge in [0.05, 0.1) is 4.47 Å². The molecule has 0 saturated carbocycles. The van der Waals surface area contributed by atoms with Gasteiger partial charge >= 0.3 is 0 Å². The summed E-state index contributed by atoms with van der Waals surface area (Å²) < 4.78 is 2.01. The number of nitriles is 1. The first-order valence-electron chi connectivity index (χ1n) is 2.55. The van der Waals surface area contributed by atoms with Crippen molar-refractivity contribution in [3.8, 4) is 6.07 Å². The minimum absolute atomic E-state index is 0.319. The second kappa shape index (κ2) is 2.31. The molecule has 0 unspecified atom stereocenters. The fraction of sp³-hybridized carbons (Fsp3) is 0.200. The van der Waals surface area contributed by atoms with E-state index in [0.29, 0.717) is 16.0 Å². The Bertz CT molecular complexity index is 295. The van der Waals surface area contributed by atoms with Crippen LogP contribution in [0.2, 0.25) is 0 Å². The standard InChI is InChI=1S/C5H5BrN4/c1-10-5(8)4(6)3(2-7)9-10/h8H2,1H3. The van der Waals surface area contributed by atoms with Crippen molar-refractivity contribution in [3.63, 3.8) is 0 Å². The zero-order valence-electron chi connectivity index (χ0n) is 5.30. The largest absolute Gasteiger partial charge is 0.383 e. The molecular formula is C5H5BrN4. The Kier molecular flexibility index (Phi) is 1.64. The molecule has 0 radical (unpaired) electrons. The normalized spacial score (nSPS) is 9.30. The molecule has 1 aromatic rings. The first-order valence-corrected chi connectivity index (χ1v) is 3.34. The second-order valence-electron chi connectivity index (χ2n) is 1.78. The third-order valence-electron chi connectivity index (χ3n) is 1.14. The first kappa shape index (κ1) is 7.09. The zero-order valence-corrected chi connectivity index (χ0v) is 6.88. The summed E-state index contributed by atoms with van der Waals surface area (Å²) in [4.78, 5) is 0. The van der Waals surface area contributed by atoms with Crippen molar-refractivity contribution in [2.75, 3.05) is 5.73 Å². The van der Waals surface area contributed by atoms with Crippen molar-refractivity contribution in [2.24, 2.45) is 7.05 Å². The molecule has 1 rings (SSSR count).